The molecule has 0 atom stereocenters. The molecule has 0 radical (unpaired) electrons. The van der Waals surface area contributed by atoms with E-state index in [2.05, 4.69) is 41.8 Å². The van der Waals surface area contributed by atoms with Crippen LogP contribution in [0.4, 0.5) is 0 Å². The molecule has 0 aliphatic carbocycles. The fraction of sp³-hybridized carbons (Fsp3) is 0.576. The van der Waals surface area contributed by atoms with E-state index < -0.39 is 0 Å². The van der Waals surface area contributed by atoms with E-state index in [4.69, 9.17) is 4.74 Å². The zero-order chi connectivity index (χ0) is 25.4. The van der Waals surface area contributed by atoms with E-state index in [0.717, 1.165) is 40.9 Å². The molecular weight excluding hydrogens is 442 g/mol. The lowest BCUT2D eigenvalue weighted by atomic mass is 10.0. The zero-order valence-corrected chi connectivity index (χ0v) is 22.9. The number of hydrogen-bond donors (Lipinski definition) is 1. The molecule has 1 N–H and O–H groups in total. The molecule has 0 fully saturated rings. The van der Waals surface area contributed by atoms with Gasteiger partial charge >= 0.3 is 0 Å². The van der Waals surface area contributed by atoms with E-state index in [-0.39, 0.29) is 0 Å². The average Bonchev–Trinajstić information content (AvgIpc) is 3.24. The molecule has 3 aromatic rings. The summed E-state index contributed by atoms with van der Waals surface area (Å²) in [5.74, 6) is 1.26. The van der Waals surface area contributed by atoms with Gasteiger partial charge in [-0.25, -0.2) is 0 Å². The molecule has 0 aliphatic heterocycles. The van der Waals surface area contributed by atoms with Gasteiger partial charge in [-0.2, -0.15) is 0 Å². The second kappa shape index (κ2) is 16.3. The standard InChI is InChI=1S/C33H49NO2/c1-3-4-5-6-7-8-9-10-11-12-13-14-15-16-17-18-26-36-29-24-22-28(23-25-29)32-27-30-31(34(32)2)20-19-21-33(30)35/h19-25,27,35H,3-18,26H2,1-2H3. The minimum Gasteiger partial charge on any atom is -0.507 e. The first-order chi connectivity index (χ1) is 17.7. The number of phenols is 1. The van der Waals surface area contributed by atoms with Crippen LogP contribution in [-0.2, 0) is 7.05 Å². The number of ether oxygens (including phenoxy) is 1. The van der Waals surface area contributed by atoms with Gasteiger partial charge in [0.15, 0.2) is 0 Å². The van der Waals surface area contributed by atoms with Gasteiger partial charge in [0, 0.05) is 18.1 Å². The summed E-state index contributed by atoms with van der Waals surface area (Å²) in [4.78, 5) is 0. The van der Waals surface area contributed by atoms with Crippen molar-refractivity contribution in [2.45, 2.75) is 110 Å². The van der Waals surface area contributed by atoms with Gasteiger partial charge in [0.1, 0.15) is 11.5 Å². The molecule has 1 heterocycles. The third-order valence-corrected chi connectivity index (χ3v) is 7.48. The maximum absolute atomic E-state index is 10.1. The first kappa shape index (κ1) is 28.2. The maximum atomic E-state index is 10.1. The molecular formula is C33H49NO2. The molecule has 0 bridgehead atoms. The van der Waals surface area contributed by atoms with Crippen molar-refractivity contribution in [3.8, 4) is 22.8 Å². The van der Waals surface area contributed by atoms with Crippen LogP contribution in [0.15, 0.2) is 48.5 Å². The predicted octanol–water partition coefficient (Wildman–Crippen LogP) is 10.2. The van der Waals surface area contributed by atoms with Crippen LogP contribution in [0.1, 0.15) is 110 Å². The molecule has 0 spiro atoms. The lowest BCUT2D eigenvalue weighted by Crippen LogP contribution is -1.97. The van der Waals surface area contributed by atoms with Gasteiger partial charge in [0.05, 0.1) is 12.1 Å². The van der Waals surface area contributed by atoms with Crippen molar-refractivity contribution in [2.75, 3.05) is 6.61 Å². The predicted molar refractivity (Wildman–Crippen MR) is 155 cm³/mol. The maximum Gasteiger partial charge on any atom is 0.124 e. The van der Waals surface area contributed by atoms with Crippen LogP contribution >= 0.6 is 0 Å². The first-order valence-corrected chi connectivity index (χ1v) is 14.7. The first-order valence-electron chi connectivity index (χ1n) is 14.7. The molecule has 36 heavy (non-hydrogen) atoms. The van der Waals surface area contributed by atoms with E-state index in [1.54, 1.807) is 6.07 Å². The molecule has 1 aromatic heterocycles. The number of rotatable bonds is 19. The van der Waals surface area contributed by atoms with Crippen molar-refractivity contribution in [1.82, 2.24) is 4.57 Å². The number of fused-ring (bicyclic) bond motifs is 1. The highest BCUT2D eigenvalue weighted by Gasteiger charge is 2.10. The van der Waals surface area contributed by atoms with Crippen LogP contribution < -0.4 is 4.74 Å². The Balaban J connectivity index is 1.19. The second-order valence-corrected chi connectivity index (χ2v) is 10.5. The average molecular weight is 492 g/mol. The van der Waals surface area contributed by atoms with Crippen molar-refractivity contribution in [1.29, 1.82) is 0 Å². The Morgan fingerprint density at radius 1 is 0.667 bits per heavy atom. The third-order valence-electron chi connectivity index (χ3n) is 7.48. The number of unbranched alkanes of at least 4 members (excludes halogenated alkanes) is 15. The Labute approximate surface area is 219 Å². The Hall–Kier alpha value is -2.42. The molecule has 198 valence electrons. The fourth-order valence-corrected chi connectivity index (χ4v) is 5.18. The summed E-state index contributed by atoms with van der Waals surface area (Å²) in [7, 11) is 2.04. The highest BCUT2D eigenvalue weighted by atomic mass is 16.5. The molecule has 3 rings (SSSR count). The summed E-state index contributed by atoms with van der Waals surface area (Å²) < 4.78 is 8.10. The lowest BCUT2D eigenvalue weighted by Gasteiger charge is -2.08. The Bertz CT molecular complexity index is 989. The topological polar surface area (TPSA) is 34.4 Å². The van der Waals surface area contributed by atoms with E-state index in [0.29, 0.717) is 5.75 Å². The van der Waals surface area contributed by atoms with Gasteiger partial charge in [-0.15, -0.1) is 0 Å². The zero-order valence-electron chi connectivity index (χ0n) is 22.9. The van der Waals surface area contributed by atoms with Gasteiger partial charge < -0.3 is 14.4 Å². The summed E-state index contributed by atoms with van der Waals surface area (Å²) in [5, 5.41) is 11.0. The van der Waals surface area contributed by atoms with Gasteiger partial charge in [-0.05, 0) is 54.4 Å². The van der Waals surface area contributed by atoms with Crippen molar-refractivity contribution < 1.29 is 9.84 Å². The van der Waals surface area contributed by atoms with Crippen LogP contribution in [-0.4, -0.2) is 16.3 Å². The second-order valence-electron chi connectivity index (χ2n) is 10.5. The summed E-state index contributed by atoms with van der Waals surface area (Å²) in [6.45, 7) is 3.08. The number of benzene rings is 2. The minimum absolute atomic E-state index is 0.327. The number of aryl methyl sites for hydroxylation is 1. The SMILES string of the molecule is CCCCCCCCCCCCCCCCCCOc1ccc(-c2cc3c(O)cccc3n2C)cc1. The number of hydrogen-bond acceptors (Lipinski definition) is 2. The number of nitrogens with zero attached hydrogens (tertiary/aromatic N) is 1. The van der Waals surface area contributed by atoms with Gasteiger partial charge in [-0.3, -0.25) is 0 Å². The number of phenolic OH excluding ortho intramolecular Hbond substituents is 1. The summed E-state index contributed by atoms with van der Waals surface area (Å²) >= 11 is 0. The Morgan fingerprint density at radius 2 is 1.19 bits per heavy atom. The van der Waals surface area contributed by atoms with Crippen LogP contribution in [0, 0.1) is 0 Å². The summed E-state index contributed by atoms with van der Waals surface area (Å²) in [6.07, 6.45) is 22.2. The largest absolute Gasteiger partial charge is 0.507 e. The molecule has 2 aromatic carbocycles. The van der Waals surface area contributed by atoms with Crippen LogP contribution in [0.25, 0.3) is 22.2 Å². The Morgan fingerprint density at radius 3 is 1.72 bits per heavy atom. The van der Waals surface area contributed by atoms with Crippen LogP contribution in [0.2, 0.25) is 0 Å². The molecule has 0 unspecified atom stereocenters. The fourth-order valence-electron chi connectivity index (χ4n) is 5.18. The molecule has 3 nitrogen and oxygen atoms in total. The third kappa shape index (κ3) is 9.22. The van der Waals surface area contributed by atoms with Gasteiger partial charge in [0.2, 0.25) is 0 Å². The molecule has 0 saturated heterocycles. The quantitative estimate of drug-likeness (QED) is 0.169. The van der Waals surface area contributed by atoms with Gasteiger partial charge in [0.25, 0.3) is 0 Å². The Kier molecular flexibility index (Phi) is 12.8. The summed E-state index contributed by atoms with van der Waals surface area (Å²) in [5.41, 5.74) is 3.26. The minimum atomic E-state index is 0.327. The lowest BCUT2D eigenvalue weighted by molar-refractivity contribution is 0.304. The number of aromatic hydroxyl groups is 1. The van der Waals surface area contributed by atoms with Crippen LogP contribution in [0.3, 0.4) is 0 Å². The highest BCUT2D eigenvalue weighted by Crippen LogP contribution is 2.32. The van der Waals surface area contributed by atoms with E-state index in [9.17, 15) is 5.11 Å². The monoisotopic (exact) mass is 491 g/mol. The van der Waals surface area contributed by atoms with E-state index in [1.807, 2.05) is 19.2 Å². The number of aromatic nitrogens is 1. The normalized spacial score (nSPS) is 11.4. The molecule has 3 heteroatoms. The molecule has 0 saturated carbocycles. The summed E-state index contributed by atoms with van der Waals surface area (Å²) in [6, 6.07) is 16.0. The highest BCUT2D eigenvalue weighted by molar-refractivity contribution is 5.91. The van der Waals surface area contributed by atoms with E-state index in [1.165, 1.54) is 96.3 Å². The van der Waals surface area contributed by atoms with Crippen LogP contribution in [0.5, 0.6) is 11.5 Å². The molecule has 0 amide bonds. The van der Waals surface area contributed by atoms with Crippen molar-refractivity contribution in [3.05, 3.63) is 48.5 Å². The van der Waals surface area contributed by atoms with Crippen molar-refractivity contribution >= 4 is 10.9 Å². The van der Waals surface area contributed by atoms with Crippen molar-refractivity contribution in [3.63, 3.8) is 0 Å². The molecule has 0 aliphatic rings. The van der Waals surface area contributed by atoms with E-state index >= 15 is 0 Å². The smallest absolute Gasteiger partial charge is 0.124 e. The van der Waals surface area contributed by atoms with Crippen molar-refractivity contribution in [2.24, 2.45) is 7.05 Å². The van der Waals surface area contributed by atoms with Gasteiger partial charge in [-0.1, -0.05) is 109 Å².